The number of rotatable bonds is 2. The normalized spacial score (nSPS) is 19.7. The van der Waals surface area contributed by atoms with Crippen LogP contribution >= 0.6 is 0 Å². The summed E-state index contributed by atoms with van der Waals surface area (Å²) in [7, 11) is 0. The zero-order valence-electron chi connectivity index (χ0n) is 14.7. The van der Waals surface area contributed by atoms with Crippen LogP contribution in [0.4, 0.5) is 15.8 Å². The van der Waals surface area contributed by atoms with Crippen LogP contribution in [-0.4, -0.2) is 19.0 Å². The Morgan fingerprint density at radius 1 is 1.08 bits per heavy atom. The number of nitrogens with one attached hydrogen (secondary N) is 1. The van der Waals surface area contributed by atoms with Gasteiger partial charge in [-0.15, -0.1) is 0 Å². The summed E-state index contributed by atoms with van der Waals surface area (Å²) in [5, 5.41) is 3.04. The van der Waals surface area contributed by atoms with Crippen LogP contribution in [-0.2, 0) is 4.79 Å². The van der Waals surface area contributed by atoms with Gasteiger partial charge >= 0.3 is 0 Å². The Morgan fingerprint density at radius 3 is 2.60 bits per heavy atom. The quantitative estimate of drug-likeness (QED) is 0.873. The van der Waals surface area contributed by atoms with Crippen molar-refractivity contribution < 1.29 is 9.18 Å². The Morgan fingerprint density at radius 2 is 1.84 bits per heavy atom. The lowest BCUT2D eigenvalue weighted by Gasteiger charge is -2.30. The Bertz CT molecular complexity index is 840. The SMILES string of the molecule is Cc1ccc(F)c(C2CC(=O)Nc3c2ccc(N2CCCC2)c3C)c1. The van der Waals surface area contributed by atoms with E-state index in [9.17, 15) is 9.18 Å². The van der Waals surface area contributed by atoms with Crippen LogP contribution in [0.15, 0.2) is 30.3 Å². The van der Waals surface area contributed by atoms with Gasteiger partial charge in [0.05, 0.1) is 0 Å². The Hall–Kier alpha value is -2.36. The van der Waals surface area contributed by atoms with Crippen LogP contribution in [0.25, 0.3) is 0 Å². The number of carbonyl (C=O) groups excluding carboxylic acids is 1. The van der Waals surface area contributed by atoms with Gasteiger partial charge in [-0.1, -0.05) is 23.8 Å². The van der Waals surface area contributed by atoms with Crippen LogP contribution in [0.2, 0.25) is 0 Å². The molecule has 130 valence electrons. The molecule has 0 radical (unpaired) electrons. The lowest BCUT2D eigenvalue weighted by molar-refractivity contribution is -0.116. The first-order chi connectivity index (χ1) is 12.0. The summed E-state index contributed by atoms with van der Waals surface area (Å²) in [6.45, 7) is 6.13. The molecule has 1 saturated heterocycles. The highest BCUT2D eigenvalue weighted by Crippen LogP contribution is 2.43. The van der Waals surface area contributed by atoms with Gasteiger partial charge in [0.15, 0.2) is 0 Å². The fourth-order valence-corrected chi connectivity index (χ4v) is 4.17. The third kappa shape index (κ3) is 2.80. The minimum absolute atomic E-state index is 0.0416. The van der Waals surface area contributed by atoms with Crippen molar-refractivity contribution in [1.82, 2.24) is 0 Å². The molecule has 25 heavy (non-hydrogen) atoms. The number of amides is 1. The van der Waals surface area contributed by atoms with E-state index in [4.69, 9.17) is 0 Å². The van der Waals surface area contributed by atoms with Crippen molar-refractivity contribution in [3.63, 3.8) is 0 Å². The van der Waals surface area contributed by atoms with E-state index in [1.807, 2.05) is 13.0 Å². The molecule has 1 unspecified atom stereocenters. The van der Waals surface area contributed by atoms with E-state index in [-0.39, 0.29) is 24.1 Å². The smallest absolute Gasteiger partial charge is 0.225 e. The minimum atomic E-state index is -0.238. The zero-order valence-corrected chi connectivity index (χ0v) is 14.7. The van der Waals surface area contributed by atoms with Crippen LogP contribution in [0.3, 0.4) is 0 Å². The van der Waals surface area contributed by atoms with Crippen molar-refractivity contribution in [2.45, 2.75) is 39.0 Å². The maximum Gasteiger partial charge on any atom is 0.225 e. The third-order valence-corrected chi connectivity index (χ3v) is 5.47. The van der Waals surface area contributed by atoms with E-state index < -0.39 is 0 Å². The van der Waals surface area contributed by atoms with E-state index in [0.717, 1.165) is 35.5 Å². The van der Waals surface area contributed by atoms with Gasteiger partial charge in [0, 0.05) is 36.8 Å². The van der Waals surface area contributed by atoms with Crippen molar-refractivity contribution in [3.8, 4) is 0 Å². The van der Waals surface area contributed by atoms with Crippen LogP contribution in [0.5, 0.6) is 0 Å². The summed E-state index contributed by atoms with van der Waals surface area (Å²) < 4.78 is 14.5. The lowest BCUT2D eigenvalue weighted by atomic mass is 9.82. The summed E-state index contributed by atoms with van der Waals surface area (Å²) in [4.78, 5) is 14.7. The van der Waals surface area contributed by atoms with Crippen molar-refractivity contribution in [3.05, 3.63) is 58.4 Å². The maximum absolute atomic E-state index is 14.5. The average Bonchev–Trinajstić information content (AvgIpc) is 3.11. The van der Waals surface area contributed by atoms with Crippen molar-refractivity contribution in [2.24, 2.45) is 0 Å². The number of halogens is 1. The summed E-state index contributed by atoms with van der Waals surface area (Å²) in [5.74, 6) is -0.507. The molecule has 2 aromatic rings. The van der Waals surface area contributed by atoms with Gasteiger partial charge in [0.25, 0.3) is 0 Å². The summed E-state index contributed by atoms with van der Waals surface area (Å²) >= 11 is 0. The second-order valence-electron chi connectivity index (χ2n) is 7.20. The molecule has 0 spiro atoms. The second kappa shape index (κ2) is 6.17. The Labute approximate surface area is 147 Å². The van der Waals surface area contributed by atoms with E-state index >= 15 is 0 Å². The molecule has 1 amide bonds. The highest BCUT2D eigenvalue weighted by molar-refractivity contribution is 5.97. The third-order valence-electron chi connectivity index (χ3n) is 5.47. The number of aryl methyl sites for hydroxylation is 1. The molecule has 2 aliphatic rings. The van der Waals surface area contributed by atoms with Crippen molar-refractivity contribution >= 4 is 17.3 Å². The fraction of sp³-hybridized carbons (Fsp3) is 0.381. The molecule has 0 bridgehead atoms. The van der Waals surface area contributed by atoms with Gasteiger partial charge in [-0.3, -0.25) is 4.79 Å². The maximum atomic E-state index is 14.5. The monoisotopic (exact) mass is 338 g/mol. The van der Waals surface area contributed by atoms with E-state index in [1.54, 1.807) is 6.07 Å². The molecule has 0 aromatic heterocycles. The van der Waals surface area contributed by atoms with Gasteiger partial charge in [0.2, 0.25) is 5.91 Å². The molecule has 2 heterocycles. The molecule has 2 aliphatic heterocycles. The molecule has 2 aromatic carbocycles. The molecular weight excluding hydrogens is 315 g/mol. The number of benzene rings is 2. The Kier molecular flexibility index (Phi) is 3.98. The summed E-state index contributed by atoms with van der Waals surface area (Å²) in [6.07, 6.45) is 2.70. The van der Waals surface area contributed by atoms with E-state index in [1.165, 1.54) is 24.6 Å². The van der Waals surface area contributed by atoms with Gasteiger partial charge in [-0.05, 0) is 55.5 Å². The molecular formula is C21H23FN2O. The van der Waals surface area contributed by atoms with Gasteiger partial charge in [-0.2, -0.15) is 0 Å². The number of hydrogen-bond donors (Lipinski definition) is 1. The number of nitrogens with zero attached hydrogens (tertiary/aromatic N) is 1. The predicted molar refractivity (Wildman–Crippen MR) is 98.9 cm³/mol. The number of hydrogen-bond acceptors (Lipinski definition) is 2. The molecule has 1 atom stereocenters. The summed E-state index contributed by atoms with van der Waals surface area (Å²) in [5.41, 5.74) is 5.78. The van der Waals surface area contributed by atoms with Gasteiger partial charge in [0.1, 0.15) is 5.82 Å². The fourth-order valence-electron chi connectivity index (χ4n) is 4.17. The molecule has 1 N–H and O–H groups in total. The zero-order chi connectivity index (χ0) is 17.6. The second-order valence-corrected chi connectivity index (χ2v) is 7.20. The van der Waals surface area contributed by atoms with Crippen LogP contribution in [0, 0.1) is 19.7 Å². The molecule has 0 saturated carbocycles. The van der Waals surface area contributed by atoms with Gasteiger partial charge in [-0.25, -0.2) is 4.39 Å². The number of carbonyl (C=O) groups is 1. The molecule has 3 nitrogen and oxygen atoms in total. The minimum Gasteiger partial charge on any atom is -0.371 e. The Balaban J connectivity index is 1.82. The first-order valence-electron chi connectivity index (χ1n) is 8.99. The van der Waals surface area contributed by atoms with Crippen LogP contribution in [0.1, 0.15) is 47.4 Å². The topological polar surface area (TPSA) is 32.3 Å². The van der Waals surface area contributed by atoms with Crippen LogP contribution < -0.4 is 10.2 Å². The lowest BCUT2D eigenvalue weighted by Crippen LogP contribution is -2.26. The van der Waals surface area contributed by atoms with Crippen molar-refractivity contribution in [2.75, 3.05) is 23.3 Å². The summed E-state index contributed by atoms with van der Waals surface area (Å²) in [6, 6.07) is 9.35. The standard InChI is InChI=1S/C21H23FN2O/c1-13-5-7-18(22)17(11-13)16-12-20(25)23-21-14(2)19(8-6-15(16)21)24-9-3-4-10-24/h5-8,11,16H,3-4,9-10,12H2,1-2H3,(H,23,25). The number of anilines is 2. The predicted octanol–water partition coefficient (Wildman–Crippen LogP) is 4.52. The highest BCUT2D eigenvalue weighted by Gasteiger charge is 2.31. The molecule has 0 aliphatic carbocycles. The highest BCUT2D eigenvalue weighted by atomic mass is 19.1. The average molecular weight is 338 g/mol. The van der Waals surface area contributed by atoms with Crippen molar-refractivity contribution in [1.29, 1.82) is 0 Å². The molecule has 4 rings (SSSR count). The molecule has 1 fully saturated rings. The largest absolute Gasteiger partial charge is 0.371 e. The van der Waals surface area contributed by atoms with Gasteiger partial charge < -0.3 is 10.2 Å². The first-order valence-corrected chi connectivity index (χ1v) is 8.99. The number of fused-ring (bicyclic) bond motifs is 1. The van der Waals surface area contributed by atoms with E-state index in [2.05, 4.69) is 29.3 Å². The molecule has 4 heteroatoms. The first kappa shape index (κ1) is 16.1. The van der Waals surface area contributed by atoms with E-state index in [0.29, 0.717) is 5.56 Å².